The van der Waals surface area contributed by atoms with Crippen molar-refractivity contribution in [2.24, 2.45) is 18.9 Å². The number of carbonyl (C=O) groups excluding carboxylic acids is 1. The molecule has 4 nitrogen and oxygen atoms in total. The van der Waals surface area contributed by atoms with E-state index in [0.29, 0.717) is 12.5 Å². The van der Waals surface area contributed by atoms with Crippen molar-refractivity contribution in [3.63, 3.8) is 0 Å². The molecule has 2 fully saturated rings. The highest BCUT2D eigenvalue weighted by atomic mass is 16.2. The van der Waals surface area contributed by atoms with Gasteiger partial charge in [0.1, 0.15) is 0 Å². The van der Waals surface area contributed by atoms with E-state index in [9.17, 15) is 4.79 Å². The van der Waals surface area contributed by atoms with Crippen molar-refractivity contribution in [3.8, 4) is 0 Å². The maximum Gasteiger partial charge on any atom is 0.237 e. The highest BCUT2D eigenvalue weighted by Crippen LogP contribution is 2.37. The molecule has 0 spiro atoms. The van der Waals surface area contributed by atoms with Crippen LogP contribution in [0.15, 0.2) is 18.3 Å². The minimum absolute atomic E-state index is 0.0396. The lowest BCUT2D eigenvalue weighted by atomic mass is 9.93. The quantitative estimate of drug-likeness (QED) is 0.838. The van der Waals surface area contributed by atoms with E-state index >= 15 is 0 Å². The van der Waals surface area contributed by atoms with Gasteiger partial charge < -0.3 is 15.2 Å². The van der Waals surface area contributed by atoms with Gasteiger partial charge in [0.2, 0.25) is 5.91 Å². The number of carbonyl (C=O) groups is 1. The summed E-state index contributed by atoms with van der Waals surface area (Å²) in [7, 11) is 2.00. The third-order valence-electron chi connectivity index (χ3n) is 4.52. The second-order valence-corrected chi connectivity index (χ2v) is 5.57. The number of hydrogen-bond donors (Lipinski definition) is 2. The number of fused-ring (bicyclic) bond motifs is 1. The Morgan fingerprint density at radius 2 is 2.44 bits per heavy atom. The van der Waals surface area contributed by atoms with E-state index in [1.54, 1.807) is 0 Å². The molecule has 0 radical (unpaired) electrons. The molecule has 3 rings (SSSR count). The van der Waals surface area contributed by atoms with Gasteiger partial charge in [-0.1, -0.05) is 6.42 Å². The Bertz CT molecular complexity index is 440. The van der Waals surface area contributed by atoms with Gasteiger partial charge in [0.15, 0.2) is 0 Å². The molecule has 1 aliphatic carbocycles. The van der Waals surface area contributed by atoms with Crippen LogP contribution < -0.4 is 10.6 Å². The summed E-state index contributed by atoms with van der Waals surface area (Å²) in [5, 5.41) is 6.44. The van der Waals surface area contributed by atoms with Crippen LogP contribution in [-0.2, 0) is 18.4 Å². The first-order valence-electron chi connectivity index (χ1n) is 6.87. The Hall–Kier alpha value is -1.29. The number of aromatic nitrogens is 1. The predicted octanol–water partition coefficient (Wildman–Crippen LogP) is 1.03. The molecular formula is C14H21N3O. The second kappa shape index (κ2) is 4.76. The molecule has 1 saturated heterocycles. The molecule has 0 aromatic carbocycles. The van der Waals surface area contributed by atoms with E-state index in [2.05, 4.69) is 10.6 Å². The highest BCUT2D eigenvalue weighted by molar-refractivity contribution is 5.82. The monoisotopic (exact) mass is 247 g/mol. The van der Waals surface area contributed by atoms with Gasteiger partial charge in [-0.3, -0.25) is 4.79 Å². The summed E-state index contributed by atoms with van der Waals surface area (Å²) in [6.07, 6.45) is 5.79. The van der Waals surface area contributed by atoms with E-state index in [1.807, 2.05) is 29.9 Å². The van der Waals surface area contributed by atoms with Gasteiger partial charge in [-0.15, -0.1) is 0 Å². The van der Waals surface area contributed by atoms with Crippen LogP contribution in [-0.4, -0.2) is 23.1 Å². The SMILES string of the molecule is Cn1cccc1CNC(=O)C1NCC2CCCC21. The first kappa shape index (κ1) is 11.8. The van der Waals surface area contributed by atoms with Crippen LogP contribution in [0, 0.1) is 11.8 Å². The molecule has 3 unspecified atom stereocenters. The van der Waals surface area contributed by atoms with Crippen LogP contribution in [0.1, 0.15) is 25.0 Å². The number of rotatable bonds is 3. The lowest BCUT2D eigenvalue weighted by molar-refractivity contribution is -0.124. The Labute approximate surface area is 108 Å². The molecule has 1 aromatic rings. The summed E-state index contributed by atoms with van der Waals surface area (Å²) in [5.41, 5.74) is 1.14. The minimum Gasteiger partial charge on any atom is -0.353 e. The van der Waals surface area contributed by atoms with Gasteiger partial charge in [-0.25, -0.2) is 0 Å². The number of amides is 1. The van der Waals surface area contributed by atoms with E-state index in [0.717, 1.165) is 18.2 Å². The average molecular weight is 247 g/mol. The van der Waals surface area contributed by atoms with Crippen LogP contribution in [0.3, 0.4) is 0 Å². The second-order valence-electron chi connectivity index (χ2n) is 5.57. The van der Waals surface area contributed by atoms with Gasteiger partial charge in [0.05, 0.1) is 12.6 Å². The zero-order valence-electron chi connectivity index (χ0n) is 10.9. The van der Waals surface area contributed by atoms with Crippen molar-refractivity contribution in [3.05, 3.63) is 24.0 Å². The number of hydrogen-bond acceptors (Lipinski definition) is 2. The molecule has 1 amide bonds. The van der Waals surface area contributed by atoms with Gasteiger partial charge >= 0.3 is 0 Å². The third-order valence-corrected chi connectivity index (χ3v) is 4.52. The van der Waals surface area contributed by atoms with Crippen LogP contribution >= 0.6 is 0 Å². The Balaban J connectivity index is 1.57. The van der Waals surface area contributed by atoms with Crippen LogP contribution in [0.25, 0.3) is 0 Å². The van der Waals surface area contributed by atoms with Gasteiger partial charge in [0, 0.05) is 18.9 Å². The van der Waals surface area contributed by atoms with Crippen molar-refractivity contribution in [2.45, 2.75) is 31.8 Å². The minimum atomic E-state index is 0.0396. The fraction of sp³-hybridized carbons (Fsp3) is 0.643. The van der Waals surface area contributed by atoms with Gasteiger partial charge in [0.25, 0.3) is 0 Å². The van der Waals surface area contributed by atoms with Gasteiger partial charge in [-0.2, -0.15) is 0 Å². The summed E-state index contributed by atoms with van der Waals surface area (Å²) in [6.45, 7) is 1.64. The number of aryl methyl sites for hydroxylation is 1. The first-order valence-corrected chi connectivity index (χ1v) is 6.87. The summed E-state index contributed by atoms with van der Waals surface area (Å²) in [6, 6.07) is 4.08. The molecule has 1 aliphatic heterocycles. The third kappa shape index (κ3) is 2.05. The lowest BCUT2D eigenvalue weighted by Crippen LogP contribution is -2.43. The van der Waals surface area contributed by atoms with Crippen molar-refractivity contribution in [1.29, 1.82) is 0 Å². The van der Waals surface area contributed by atoms with Crippen LogP contribution in [0.5, 0.6) is 0 Å². The van der Waals surface area contributed by atoms with Crippen molar-refractivity contribution in [2.75, 3.05) is 6.54 Å². The van der Waals surface area contributed by atoms with Crippen molar-refractivity contribution >= 4 is 5.91 Å². The summed E-state index contributed by atoms with van der Waals surface area (Å²) < 4.78 is 2.04. The number of nitrogens with one attached hydrogen (secondary N) is 2. The van der Waals surface area contributed by atoms with E-state index in [4.69, 9.17) is 0 Å². The Kier molecular flexibility index (Phi) is 3.12. The molecule has 2 N–H and O–H groups in total. The van der Waals surface area contributed by atoms with Crippen molar-refractivity contribution in [1.82, 2.24) is 15.2 Å². The largest absolute Gasteiger partial charge is 0.353 e. The lowest BCUT2D eigenvalue weighted by Gasteiger charge is -2.17. The zero-order valence-corrected chi connectivity index (χ0v) is 10.9. The Morgan fingerprint density at radius 1 is 1.56 bits per heavy atom. The van der Waals surface area contributed by atoms with Crippen LogP contribution in [0.4, 0.5) is 0 Å². The van der Waals surface area contributed by atoms with E-state index in [-0.39, 0.29) is 11.9 Å². The predicted molar refractivity (Wildman–Crippen MR) is 69.9 cm³/mol. The van der Waals surface area contributed by atoms with E-state index < -0.39 is 0 Å². The molecule has 2 aliphatic rings. The fourth-order valence-corrected chi connectivity index (χ4v) is 3.44. The maximum absolute atomic E-state index is 12.2. The topological polar surface area (TPSA) is 46.1 Å². The first-order chi connectivity index (χ1) is 8.75. The fourth-order valence-electron chi connectivity index (χ4n) is 3.44. The normalized spacial score (nSPS) is 30.4. The zero-order chi connectivity index (χ0) is 12.5. The molecule has 0 bridgehead atoms. The highest BCUT2D eigenvalue weighted by Gasteiger charge is 2.42. The van der Waals surface area contributed by atoms with Gasteiger partial charge in [-0.05, 0) is 43.4 Å². The number of nitrogens with zero attached hydrogens (tertiary/aromatic N) is 1. The molecule has 2 heterocycles. The maximum atomic E-state index is 12.2. The average Bonchev–Trinajstić information content (AvgIpc) is 3.01. The molecule has 1 saturated carbocycles. The standard InChI is InChI=1S/C14H21N3O/c1-17-7-3-5-11(17)9-16-14(18)13-12-6-2-4-10(12)8-15-13/h3,5,7,10,12-13,15H,2,4,6,8-9H2,1H3,(H,16,18). The Morgan fingerprint density at radius 3 is 3.22 bits per heavy atom. The molecular weight excluding hydrogens is 226 g/mol. The molecule has 1 aromatic heterocycles. The molecule has 3 atom stereocenters. The summed E-state index contributed by atoms with van der Waals surface area (Å²) in [5.74, 6) is 1.47. The molecule has 18 heavy (non-hydrogen) atoms. The molecule has 4 heteroatoms. The summed E-state index contributed by atoms with van der Waals surface area (Å²) >= 11 is 0. The van der Waals surface area contributed by atoms with E-state index in [1.165, 1.54) is 19.3 Å². The van der Waals surface area contributed by atoms with Crippen LogP contribution in [0.2, 0.25) is 0 Å². The van der Waals surface area contributed by atoms with Crippen molar-refractivity contribution < 1.29 is 4.79 Å². The smallest absolute Gasteiger partial charge is 0.237 e. The summed E-state index contributed by atoms with van der Waals surface area (Å²) in [4.78, 5) is 12.2. The molecule has 98 valence electrons.